The van der Waals surface area contributed by atoms with Crippen molar-refractivity contribution in [1.82, 2.24) is 9.80 Å². The first-order valence-corrected chi connectivity index (χ1v) is 7.36. The molecule has 1 aromatic carbocycles. The van der Waals surface area contributed by atoms with Crippen LogP contribution in [0.1, 0.15) is 18.9 Å². The minimum atomic E-state index is -2.92. The van der Waals surface area contributed by atoms with Gasteiger partial charge in [0.15, 0.2) is 0 Å². The van der Waals surface area contributed by atoms with Crippen molar-refractivity contribution in [2.75, 3.05) is 32.7 Å². The van der Waals surface area contributed by atoms with Gasteiger partial charge in [-0.25, -0.2) is 8.78 Å². The zero-order chi connectivity index (χ0) is 15.3. The summed E-state index contributed by atoms with van der Waals surface area (Å²) in [4.78, 5) is 15.6. The number of alkyl halides is 2. The number of carbonyl (C=O) groups excluding carboxylic acids is 1. The lowest BCUT2D eigenvalue weighted by molar-refractivity contribution is -0.139. The summed E-state index contributed by atoms with van der Waals surface area (Å²) in [5.41, 5.74) is 1.29. The van der Waals surface area contributed by atoms with Crippen LogP contribution in [-0.4, -0.2) is 54.4 Å². The number of benzene rings is 1. The Kier molecular flexibility index (Phi) is 5.28. The summed E-state index contributed by atoms with van der Waals surface area (Å²) >= 11 is 0. The summed E-state index contributed by atoms with van der Waals surface area (Å²) in [6, 6.07) is 10.2. The van der Waals surface area contributed by atoms with Crippen LogP contribution in [0.3, 0.4) is 0 Å². The lowest BCUT2D eigenvalue weighted by Crippen LogP contribution is -2.49. The van der Waals surface area contributed by atoms with E-state index in [0.717, 1.165) is 33.0 Å². The Morgan fingerprint density at radius 3 is 2.33 bits per heavy atom. The SMILES string of the molecule is CC(F)(F)CC(=O)N1CCN(CCc2ccccc2)CC1. The van der Waals surface area contributed by atoms with Crippen molar-refractivity contribution in [3.63, 3.8) is 0 Å². The minimum absolute atomic E-state index is 0.440. The average molecular weight is 296 g/mol. The Labute approximate surface area is 124 Å². The van der Waals surface area contributed by atoms with Gasteiger partial charge >= 0.3 is 0 Å². The van der Waals surface area contributed by atoms with Crippen molar-refractivity contribution in [1.29, 1.82) is 0 Å². The van der Waals surface area contributed by atoms with Gasteiger partial charge < -0.3 is 4.90 Å². The monoisotopic (exact) mass is 296 g/mol. The molecule has 2 rings (SSSR count). The first-order valence-electron chi connectivity index (χ1n) is 7.36. The number of piperazine rings is 1. The molecule has 0 aromatic heterocycles. The van der Waals surface area contributed by atoms with Gasteiger partial charge in [0, 0.05) is 32.7 Å². The molecule has 1 aromatic rings. The maximum Gasteiger partial charge on any atom is 0.254 e. The molecule has 0 saturated carbocycles. The molecule has 1 saturated heterocycles. The molecular weight excluding hydrogens is 274 g/mol. The minimum Gasteiger partial charge on any atom is -0.340 e. The first kappa shape index (κ1) is 15.9. The number of amides is 1. The highest BCUT2D eigenvalue weighted by atomic mass is 19.3. The quantitative estimate of drug-likeness (QED) is 0.833. The largest absolute Gasteiger partial charge is 0.340 e. The highest BCUT2D eigenvalue weighted by molar-refractivity contribution is 5.77. The van der Waals surface area contributed by atoms with Crippen LogP contribution in [0.2, 0.25) is 0 Å². The van der Waals surface area contributed by atoms with Crippen LogP contribution in [0.15, 0.2) is 30.3 Å². The summed E-state index contributed by atoms with van der Waals surface area (Å²) in [6.07, 6.45) is 0.291. The molecule has 1 fully saturated rings. The van der Waals surface area contributed by atoms with Gasteiger partial charge in [0.05, 0.1) is 6.42 Å². The van der Waals surface area contributed by atoms with Crippen LogP contribution in [0, 0.1) is 0 Å². The Hall–Kier alpha value is -1.49. The summed E-state index contributed by atoms with van der Waals surface area (Å²) < 4.78 is 25.7. The van der Waals surface area contributed by atoms with Crippen molar-refractivity contribution in [3.05, 3.63) is 35.9 Å². The lowest BCUT2D eigenvalue weighted by Gasteiger charge is -2.35. The highest BCUT2D eigenvalue weighted by Crippen LogP contribution is 2.18. The zero-order valence-corrected chi connectivity index (χ0v) is 12.4. The third-order valence-electron chi connectivity index (χ3n) is 3.75. The van der Waals surface area contributed by atoms with Crippen molar-refractivity contribution < 1.29 is 13.6 Å². The average Bonchev–Trinajstić information content (AvgIpc) is 2.45. The van der Waals surface area contributed by atoms with E-state index in [1.165, 1.54) is 5.56 Å². The fourth-order valence-corrected chi connectivity index (χ4v) is 2.53. The van der Waals surface area contributed by atoms with Gasteiger partial charge in [0.25, 0.3) is 5.92 Å². The van der Waals surface area contributed by atoms with Crippen molar-refractivity contribution in [2.24, 2.45) is 0 Å². The van der Waals surface area contributed by atoms with Crippen molar-refractivity contribution >= 4 is 5.91 Å². The fraction of sp³-hybridized carbons (Fsp3) is 0.562. The molecular formula is C16H22F2N2O. The number of hydrogen-bond donors (Lipinski definition) is 0. The van der Waals surface area contributed by atoms with Gasteiger partial charge in [-0.05, 0) is 18.9 Å². The van der Waals surface area contributed by atoms with E-state index in [4.69, 9.17) is 0 Å². The van der Waals surface area contributed by atoms with E-state index in [-0.39, 0.29) is 0 Å². The van der Waals surface area contributed by atoms with Crippen LogP contribution < -0.4 is 0 Å². The molecule has 1 heterocycles. The predicted molar refractivity (Wildman–Crippen MR) is 78.4 cm³/mol. The molecule has 0 aliphatic carbocycles. The Morgan fingerprint density at radius 1 is 1.14 bits per heavy atom. The molecule has 1 aliphatic rings. The maximum atomic E-state index is 12.9. The van der Waals surface area contributed by atoms with E-state index >= 15 is 0 Å². The zero-order valence-electron chi connectivity index (χ0n) is 12.4. The van der Waals surface area contributed by atoms with E-state index < -0.39 is 18.3 Å². The molecule has 5 heteroatoms. The van der Waals surface area contributed by atoms with Crippen LogP contribution in [-0.2, 0) is 11.2 Å². The molecule has 0 unspecified atom stereocenters. The van der Waals surface area contributed by atoms with Crippen LogP contribution in [0.4, 0.5) is 8.78 Å². The molecule has 3 nitrogen and oxygen atoms in total. The van der Waals surface area contributed by atoms with E-state index in [9.17, 15) is 13.6 Å². The van der Waals surface area contributed by atoms with Crippen LogP contribution in [0.5, 0.6) is 0 Å². The molecule has 0 N–H and O–H groups in total. The topological polar surface area (TPSA) is 23.6 Å². The molecule has 1 amide bonds. The Balaban J connectivity index is 1.72. The maximum absolute atomic E-state index is 12.9. The molecule has 1 aliphatic heterocycles. The summed E-state index contributed by atoms with van der Waals surface area (Å²) in [5, 5.41) is 0. The van der Waals surface area contributed by atoms with E-state index in [2.05, 4.69) is 17.0 Å². The third kappa shape index (κ3) is 5.42. The van der Waals surface area contributed by atoms with Crippen LogP contribution in [0.25, 0.3) is 0 Å². The fourth-order valence-electron chi connectivity index (χ4n) is 2.53. The van der Waals surface area contributed by atoms with Crippen molar-refractivity contribution in [2.45, 2.75) is 25.7 Å². The van der Waals surface area contributed by atoms with Gasteiger partial charge in [0.1, 0.15) is 0 Å². The molecule has 0 atom stereocenters. The van der Waals surface area contributed by atoms with Gasteiger partial charge in [-0.1, -0.05) is 30.3 Å². The second kappa shape index (κ2) is 6.98. The van der Waals surface area contributed by atoms with Gasteiger partial charge in [-0.15, -0.1) is 0 Å². The predicted octanol–water partition coefficient (Wildman–Crippen LogP) is 2.42. The van der Waals surface area contributed by atoms with E-state index in [1.54, 1.807) is 4.90 Å². The number of halogens is 2. The molecule has 116 valence electrons. The Morgan fingerprint density at radius 2 is 1.76 bits per heavy atom. The summed E-state index contributed by atoms with van der Waals surface area (Å²) in [6.45, 7) is 4.34. The second-order valence-electron chi connectivity index (χ2n) is 5.71. The van der Waals surface area contributed by atoms with Crippen LogP contribution >= 0.6 is 0 Å². The Bertz CT molecular complexity index is 451. The van der Waals surface area contributed by atoms with Gasteiger partial charge in [-0.2, -0.15) is 0 Å². The van der Waals surface area contributed by atoms with Gasteiger partial charge in [0.2, 0.25) is 5.91 Å². The smallest absolute Gasteiger partial charge is 0.254 e. The van der Waals surface area contributed by atoms with Gasteiger partial charge in [-0.3, -0.25) is 9.69 Å². The molecule has 0 spiro atoms. The lowest BCUT2D eigenvalue weighted by atomic mass is 10.1. The molecule has 0 bridgehead atoms. The molecule has 0 radical (unpaired) electrons. The highest BCUT2D eigenvalue weighted by Gasteiger charge is 2.30. The normalized spacial score (nSPS) is 17.0. The third-order valence-corrected chi connectivity index (χ3v) is 3.75. The summed E-state index contributed by atoms with van der Waals surface area (Å²) in [5.74, 6) is -3.35. The number of carbonyl (C=O) groups is 1. The second-order valence-corrected chi connectivity index (χ2v) is 5.71. The number of hydrogen-bond acceptors (Lipinski definition) is 2. The van der Waals surface area contributed by atoms with E-state index in [0.29, 0.717) is 13.1 Å². The first-order chi connectivity index (χ1) is 9.94. The standard InChI is InChI=1S/C16H22F2N2O/c1-16(17,18)13-15(21)20-11-9-19(10-12-20)8-7-14-5-3-2-4-6-14/h2-6H,7-13H2,1H3. The van der Waals surface area contributed by atoms with E-state index in [1.807, 2.05) is 18.2 Å². The summed E-state index contributed by atoms with van der Waals surface area (Å²) in [7, 11) is 0. The molecule has 21 heavy (non-hydrogen) atoms. The van der Waals surface area contributed by atoms with Crippen molar-refractivity contribution in [3.8, 4) is 0 Å². The number of rotatable bonds is 5. The number of nitrogens with zero attached hydrogens (tertiary/aromatic N) is 2.